The van der Waals surface area contributed by atoms with Gasteiger partial charge in [-0.15, -0.1) is 22.7 Å². The second-order valence-corrected chi connectivity index (χ2v) is 22.1. The smallest absolute Gasteiger partial charge is 0.164 e. The van der Waals surface area contributed by atoms with Crippen molar-refractivity contribution >= 4 is 85.0 Å². The van der Waals surface area contributed by atoms with Gasteiger partial charge in [-0.2, -0.15) is 0 Å². The second-order valence-electron chi connectivity index (χ2n) is 19.9. The molecular weight excluding hydrogens is 855 g/mol. The van der Waals surface area contributed by atoms with Gasteiger partial charge in [0.15, 0.2) is 17.5 Å². The topological polar surface area (TPSA) is 51.8 Å². The molecule has 0 amide bonds. The standard InChI is InChI=1S/C61H41N3OS2/c1-4-13-51-42(8-1)47-31-50-46(32-52(47)65-51)45-12-7-11-41(57(45)61(50)39-25-33-24-34(27-39)28-40(61)26-33)35-16-18-36(19-17-35)58-62-59(37-20-22-55-48(29-37)43-9-2-5-14-53(43)66-55)64-60(63-58)38-21-23-56-49(30-38)44-10-3-6-15-54(44)67-56/h1-23,29-34,39-40H,24-28H2. The molecule has 4 aromatic heterocycles. The van der Waals surface area contributed by atoms with Crippen LogP contribution in [0.3, 0.4) is 0 Å². The SMILES string of the molecule is c1cc(-c2ccc(-c3nc(-c4ccc5sc6ccccc6c5c4)nc(-c4ccc5sc6ccccc6c5c4)n3)cc2)c2c(c1)-c1cc3oc4ccccc4c3cc1C21C2CC3CC(C2)CC1C3. The number of hydrogen-bond donors (Lipinski definition) is 0. The second kappa shape index (κ2) is 13.6. The Balaban J connectivity index is 0.859. The largest absolute Gasteiger partial charge is 0.456 e. The maximum atomic E-state index is 6.58. The molecule has 0 radical (unpaired) electrons. The molecule has 4 fully saturated rings. The van der Waals surface area contributed by atoms with E-state index in [1.165, 1.54) is 105 Å². The summed E-state index contributed by atoms with van der Waals surface area (Å²) in [5, 5.41) is 7.46. The lowest BCUT2D eigenvalue weighted by molar-refractivity contribution is -0.0396. The molecule has 4 nitrogen and oxygen atoms in total. The fraction of sp³-hybridized carbons (Fsp3) is 0.164. The van der Waals surface area contributed by atoms with Crippen molar-refractivity contribution in [2.45, 2.75) is 37.5 Å². The van der Waals surface area contributed by atoms with Crippen molar-refractivity contribution in [2.24, 2.45) is 23.7 Å². The predicted molar refractivity (Wildman–Crippen MR) is 278 cm³/mol. The molecule has 318 valence electrons. The summed E-state index contributed by atoms with van der Waals surface area (Å²) in [6.45, 7) is 0. The van der Waals surface area contributed by atoms with Crippen molar-refractivity contribution in [3.05, 3.63) is 175 Å². The van der Waals surface area contributed by atoms with Crippen LogP contribution in [0.1, 0.15) is 43.2 Å². The molecule has 8 aromatic carbocycles. The van der Waals surface area contributed by atoms with Crippen molar-refractivity contribution in [3.63, 3.8) is 0 Å². The Kier molecular flexibility index (Phi) is 7.52. The first-order valence-corrected chi connectivity index (χ1v) is 25.5. The van der Waals surface area contributed by atoms with E-state index in [4.69, 9.17) is 19.4 Å². The molecule has 17 rings (SSSR count). The van der Waals surface area contributed by atoms with E-state index in [0.717, 1.165) is 39.7 Å². The first-order chi connectivity index (χ1) is 33.1. The van der Waals surface area contributed by atoms with E-state index in [0.29, 0.717) is 29.3 Å². The Hall–Kier alpha value is -6.99. The third-order valence-electron chi connectivity index (χ3n) is 16.5. The van der Waals surface area contributed by atoms with Gasteiger partial charge in [0.1, 0.15) is 11.2 Å². The minimum Gasteiger partial charge on any atom is -0.456 e. The number of furan rings is 1. The van der Waals surface area contributed by atoms with Gasteiger partial charge in [0.2, 0.25) is 0 Å². The average molecular weight is 896 g/mol. The van der Waals surface area contributed by atoms with E-state index in [-0.39, 0.29) is 5.41 Å². The summed E-state index contributed by atoms with van der Waals surface area (Å²) in [7, 11) is 0. The number of nitrogens with zero attached hydrogens (tertiary/aromatic N) is 3. The third-order valence-corrected chi connectivity index (χ3v) is 18.8. The van der Waals surface area contributed by atoms with Crippen molar-refractivity contribution < 1.29 is 4.42 Å². The number of para-hydroxylation sites is 1. The summed E-state index contributed by atoms with van der Waals surface area (Å²) in [4.78, 5) is 15.9. The Morgan fingerprint density at radius 2 is 0.910 bits per heavy atom. The zero-order valence-corrected chi connectivity index (χ0v) is 38.1. The number of hydrogen-bond acceptors (Lipinski definition) is 6. The van der Waals surface area contributed by atoms with Gasteiger partial charge < -0.3 is 4.42 Å². The molecule has 0 unspecified atom stereocenters. The Morgan fingerprint density at radius 3 is 1.55 bits per heavy atom. The van der Waals surface area contributed by atoms with Crippen LogP contribution in [0, 0.1) is 23.7 Å². The minimum atomic E-state index is -0.0122. The summed E-state index contributed by atoms with van der Waals surface area (Å²) in [5.74, 6) is 5.03. The van der Waals surface area contributed by atoms with Crippen molar-refractivity contribution in [2.75, 3.05) is 0 Å². The van der Waals surface area contributed by atoms with Gasteiger partial charge in [-0.1, -0.05) is 97.1 Å². The van der Waals surface area contributed by atoms with E-state index >= 15 is 0 Å². The zero-order valence-electron chi connectivity index (χ0n) is 36.5. The van der Waals surface area contributed by atoms with E-state index in [9.17, 15) is 0 Å². The lowest BCUT2D eigenvalue weighted by atomic mass is 9.42. The van der Waals surface area contributed by atoms with Crippen molar-refractivity contribution in [3.8, 4) is 56.4 Å². The molecular formula is C61H41N3OS2. The van der Waals surface area contributed by atoms with Gasteiger partial charge in [0.25, 0.3) is 0 Å². The lowest BCUT2D eigenvalue weighted by Crippen LogP contribution is -2.55. The normalized spacial score (nSPS) is 21.5. The molecule has 0 aliphatic heterocycles. The lowest BCUT2D eigenvalue weighted by Gasteiger charge is -2.61. The van der Waals surface area contributed by atoms with E-state index in [2.05, 4.69) is 164 Å². The van der Waals surface area contributed by atoms with Crippen LogP contribution >= 0.6 is 22.7 Å². The summed E-state index contributed by atoms with van der Waals surface area (Å²) >= 11 is 3.66. The minimum absolute atomic E-state index is 0.0122. The summed E-state index contributed by atoms with van der Waals surface area (Å²) in [6, 6.07) is 60.4. The molecule has 6 heteroatoms. The van der Waals surface area contributed by atoms with Gasteiger partial charge in [-0.3, -0.25) is 0 Å². The molecule has 5 aliphatic rings. The van der Waals surface area contributed by atoms with Crippen LogP contribution in [-0.4, -0.2) is 15.0 Å². The maximum Gasteiger partial charge on any atom is 0.164 e. The first-order valence-electron chi connectivity index (χ1n) is 23.9. The van der Waals surface area contributed by atoms with Gasteiger partial charge in [-0.05, 0) is 156 Å². The highest BCUT2D eigenvalue weighted by molar-refractivity contribution is 7.26. The van der Waals surface area contributed by atoms with Crippen LogP contribution < -0.4 is 0 Å². The highest BCUT2D eigenvalue weighted by Crippen LogP contribution is 2.71. The van der Waals surface area contributed by atoms with Crippen LogP contribution in [0.2, 0.25) is 0 Å². The number of thiophene rings is 2. The van der Waals surface area contributed by atoms with Crippen LogP contribution in [0.4, 0.5) is 0 Å². The molecule has 4 saturated carbocycles. The summed E-state index contributed by atoms with van der Waals surface area (Å²) < 4.78 is 11.7. The highest BCUT2D eigenvalue weighted by Gasteiger charge is 2.62. The Labute approximate surface area is 394 Å². The highest BCUT2D eigenvalue weighted by atomic mass is 32.1. The number of aromatic nitrogens is 3. The number of fused-ring (bicyclic) bond motifs is 12. The Morgan fingerprint density at radius 1 is 0.388 bits per heavy atom. The molecule has 0 atom stereocenters. The summed E-state index contributed by atoms with van der Waals surface area (Å²) in [6.07, 6.45) is 6.75. The molecule has 0 saturated heterocycles. The first kappa shape index (κ1) is 37.1. The third kappa shape index (κ3) is 5.20. The summed E-state index contributed by atoms with van der Waals surface area (Å²) in [5.41, 5.74) is 13.4. The maximum absolute atomic E-state index is 6.58. The molecule has 67 heavy (non-hydrogen) atoms. The zero-order chi connectivity index (χ0) is 43.5. The van der Waals surface area contributed by atoms with Gasteiger partial charge in [-0.25, -0.2) is 15.0 Å². The molecule has 4 heterocycles. The van der Waals surface area contributed by atoms with Crippen LogP contribution in [0.25, 0.3) is 119 Å². The van der Waals surface area contributed by atoms with E-state index in [1.807, 2.05) is 22.7 Å². The number of benzene rings is 8. The molecule has 5 aliphatic carbocycles. The van der Waals surface area contributed by atoms with Crippen LogP contribution in [0.5, 0.6) is 0 Å². The monoisotopic (exact) mass is 895 g/mol. The molecule has 4 bridgehead atoms. The van der Waals surface area contributed by atoms with Gasteiger partial charge in [0, 0.05) is 73.2 Å². The van der Waals surface area contributed by atoms with E-state index < -0.39 is 0 Å². The predicted octanol–water partition coefficient (Wildman–Crippen LogP) is 16.9. The van der Waals surface area contributed by atoms with Crippen LogP contribution in [0.15, 0.2) is 168 Å². The fourth-order valence-electron chi connectivity index (χ4n) is 14.0. The fourth-order valence-corrected chi connectivity index (χ4v) is 16.2. The quantitative estimate of drug-likeness (QED) is 0.177. The molecule has 0 N–H and O–H groups in total. The Bertz CT molecular complexity index is 3920. The van der Waals surface area contributed by atoms with E-state index in [1.54, 1.807) is 11.1 Å². The van der Waals surface area contributed by atoms with Gasteiger partial charge in [0.05, 0.1) is 0 Å². The van der Waals surface area contributed by atoms with Crippen LogP contribution in [-0.2, 0) is 5.41 Å². The average Bonchev–Trinajstić information content (AvgIpc) is 4.12. The number of rotatable bonds is 4. The van der Waals surface area contributed by atoms with Crippen molar-refractivity contribution in [1.29, 1.82) is 0 Å². The van der Waals surface area contributed by atoms with Crippen molar-refractivity contribution in [1.82, 2.24) is 15.0 Å². The van der Waals surface area contributed by atoms with Gasteiger partial charge >= 0.3 is 0 Å². The molecule has 1 spiro atoms. The molecule has 12 aromatic rings.